The molecule has 1 aliphatic heterocycles. The van der Waals surface area contributed by atoms with Gasteiger partial charge in [-0.3, -0.25) is 4.79 Å². The number of hydrogen-bond donors (Lipinski definition) is 0. The highest BCUT2D eigenvalue weighted by molar-refractivity contribution is 8.00. The Bertz CT molecular complexity index is 1090. The van der Waals surface area contributed by atoms with Gasteiger partial charge in [-0.25, -0.2) is 14.8 Å². The van der Waals surface area contributed by atoms with Crippen LogP contribution in [0, 0.1) is 6.92 Å². The van der Waals surface area contributed by atoms with Gasteiger partial charge in [0, 0.05) is 18.4 Å². The van der Waals surface area contributed by atoms with Crippen molar-refractivity contribution in [1.29, 1.82) is 0 Å². The van der Waals surface area contributed by atoms with Gasteiger partial charge in [0.25, 0.3) is 0 Å². The second-order valence-electron chi connectivity index (χ2n) is 6.92. The number of carbonyl (C=O) groups is 2. The zero-order valence-corrected chi connectivity index (χ0v) is 17.1. The number of ether oxygens (including phenoxy) is 1. The highest BCUT2D eigenvalue weighted by Gasteiger charge is 2.35. The fourth-order valence-electron chi connectivity index (χ4n) is 3.61. The van der Waals surface area contributed by atoms with E-state index in [1.165, 1.54) is 18.9 Å². The highest BCUT2D eigenvalue weighted by Crippen LogP contribution is 2.28. The second kappa shape index (κ2) is 8.21. The summed E-state index contributed by atoms with van der Waals surface area (Å²) >= 11 is 1.37. The smallest absolute Gasteiger partial charge is 0.328 e. The lowest BCUT2D eigenvalue weighted by atomic mass is 9.94. The Morgan fingerprint density at radius 3 is 2.62 bits per heavy atom. The fraction of sp³-hybridized carbons (Fsp3) is 0.273. The second-order valence-corrected chi connectivity index (χ2v) is 7.88. The number of amides is 1. The fourth-order valence-corrected chi connectivity index (χ4v) is 4.56. The number of benzene rings is 2. The van der Waals surface area contributed by atoms with Crippen molar-refractivity contribution in [3.8, 4) is 0 Å². The maximum absolute atomic E-state index is 13.1. The third-order valence-corrected chi connectivity index (χ3v) is 6.03. The van der Waals surface area contributed by atoms with Gasteiger partial charge >= 0.3 is 5.97 Å². The van der Waals surface area contributed by atoms with Crippen molar-refractivity contribution in [1.82, 2.24) is 14.9 Å². The van der Waals surface area contributed by atoms with Gasteiger partial charge in [0.05, 0.1) is 18.4 Å². The lowest BCUT2D eigenvalue weighted by Crippen LogP contribution is -2.49. The van der Waals surface area contributed by atoms with E-state index in [4.69, 9.17) is 4.74 Å². The van der Waals surface area contributed by atoms with Crippen molar-refractivity contribution < 1.29 is 14.3 Å². The molecular formula is C22H21N3O3S. The standard InChI is InChI=1S/C22H21N3O3S/c1-14-23-18-10-6-5-9-17(18)21(24-14)29-13-20(26)25-12-16-8-4-3-7-15(16)11-19(25)22(27)28-2/h3-10,19H,11-13H2,1-2H3/t19-/m1/s1. The van der Waals surface area contributed by atoms with Gasteiger partial charge in [-0.05, 0) is 24.1 Å². The number of fused-ring (bicyclic) bond motifs is 2. The molecule has 3 aromatic rings. The molecule has 0 N–H and O–H groups in total. The van der Waals surface area contributed by atoms with E-state index < -0.39 is 6.04 Å². The number of para-hydroxylation sites is 1. The summed E-state index contributed by atoms with van der Waals surface area (Å²) in [4.78, 5) is 36.0. The summed E-state index contributed by atoms with van der Waals surface area (Å²) in [7, 11) is 1.36. The van der Waals surface area contributed by atoms with Crippen molar-refractivity contribution >= 4 is 34.5 Å². The maximum Gasteiger partial charge on any atom is 0.328 e. The first-order chi connectivity index (χ1) is 14.1. The molecule has 0 saturated heterocycles. The van der Waals surface area contributed by atoms with Crippen molar-refractivity contribution in [3.63, 3.8) is 0 Å². The Kier molecular flexibility index (Phi) is 5.49. The van der Waals surface area contributed by atoms with E-state index >= 15 is 0 Å². The summed E-state index contributed by atoms with van der Waals surface area (Å²) in [6, 6.07) is 15.0. The lowest BCUT2D eigenvalue weighted by molar-refractivity contribution is -0.153. The van der Waals surface area contributed by atoms with Gasteiger partial charge in [-0.15, -0.1) is 0 Å². The molecule has 0 radical (unpaired) electrons. The minimum atomic E-state index is -0.605. The average molecular weight is 407 g/mol. The molecule has 4 rings (SSSR count). The van der Waals surface area contributed by atoms with Crippen molar-refractivity contribution in [2.75, 3.05) is 12.9 Å². The van der Waals surface area contributed by atoms with Crippen molar-refractivity contribution in [2.24, 2.45) is 0 Å². The summed E-state index contributed by atoms with van der Waals surface area (Å²) < 4.78 is 4.96. The predicted molar refractivity (Wildman–Crippen MR) is 111 cm³/mol. The molecule has 0 spiro atoms. The van der Waals surface area contributed by atoms with Crippen LogP contribution in [0.15, 0.2) is 53.6 Å². The van der Waals surface area contributed by atoms with E-state index in [0.29, 0.717) is 18.8 Å². The van der Waals surface area contributed by atoms with E-state index in [-0.39, 0.29) is 17.6 Å². The summed E-state index contributed by atoms with van der Waals surface area (Å²) in [5.74, 6) is 0.357. The topological polar surface area (TPSA) is 72.4 Å². The van der Waals surface area contributed by atoms with E-state index in [1.807, 2.05) is 55.5 Å². The molecule has 0 fully saturated rings. The van der Waals surface area contributed by atoms with Gasteiger partial charge in [0.2, 0.25) is 5.91 Å². The average Bonchev–Trinajstić information content (AvgIpc) is 2.75. The molecule has 2 heterocycles. The zero-order valence-electron chi connectivity index (χ0n) is 16.3. The molecule has 1 aromatic heterocycles. The number of aryl methyl sites for hydroxylation is 1. The number of methoxy groups -OCH3 is 1. The minimum Gasteiger partial charge on any atom is -0.467 e. The third-order valence-electron chi connectivity index (χ3n) is 5.05. The monoisotopic (exact) mass is 407 g/mol. The molecule has 0 unspecified atom stereocenters. The number of thioether (sulfide) groups is 1. The number of hydrogen-bond acceptors (Lipinski definition) is 6. The van der Waals surface area contributed by atoms with Gasteiger partial charge < -0.3 is 9.64 Å². The Morgan fingerprint density at radius 2 is 1.83 bits per heavy atom. The van der Waals surface area contributed by atoms with Gasteiger partial charge in [0.15, 0.2) is 0 Å². The molecule has 2 aromatic carbocycles. The van der Waals surface area contributed by atoms with Crippen LogP contribution in [-0.2, 0) is 27.3 Å². The lowest BCUT2D eigenvalue weighted by Gasteiger charge is -2.35. The van der Waals surface area contributed by atoms with E-state index in [0.717, 1.165) is 27.1 Å². The molecule has 7 heteroatoms. The number of rotatable bonds is 4. The van der Waals surface area contributed by atoms with Crippen LogP contribution in [-0.4, -0.2) is 45.6 Å². The van der Waals surface area contributed by atoms with E-state index in [9.17, 15) is 9.59 Å². The predicted octanol–water partition coefficient (Wildman–Crippen LogP) is 3.16. The zero-order chi connectivity index (χ0) is 20.4. The van der Waals surface area contributed by atoms with Crippen LogP contribution < -0.4 is 0 Å². The van der Waals surface area contributed by atoms with Gasteiger partial charge in [-0.1, -0.05) is 54.2 Å². The summed E-state index contributed by atoms with van der Waals surface area (Å²) in [6.45, 7) is 2.24. The molecule has 1 atom stereocenters. The molecule has 0 saturated carbocycles. The highest BCUT2D eigenvalue weighted by atomic mass is 32.2. The quantitative estimate of drug-likeness (QED) is 0.376. The van der Waals surface area contributed by atoms with Crippen LogP contribution in [0.5, 0.6) is 0 Å². The first-order valence-corrected chi connectivity index (χ1v) is 10.4. The van der Waals surface area contributed by atoms with Crippen molar-refractivity contribution in [3.05, 3.63) is 65.5 Å². The summed E-state index contributed by atoms with van der Waals surface area (Å²) in [5, 5.41) is 1.69. The minimum absolute atomic E-state index is 0.111. The molecule has 148 valence electrons. The molecule has 29 heavy (non-hydrogen) atoms. The molecule has 0 bridgehead atoms. The Hall–Kier alpha value is -2.93. The maximum atomic E-state index is 13.1. The summed E-state index contributed by atoms with van der Waals surface area (Å²) in [5.41, 5.74) is 3.00. The number of nitrogens with zero attached hydrogens (tertiary/aromatic N) is 3. The molecular weight excluding hydrogens is 386 g/mol. The number of aromatic nitrogens is 2. The normalized spacial score (nSPS) is 15.8. The molecule has 1 amide bonds. The van der Waals surface area contributed by atoms with E-state index in [2.05, 4.69) is 9.97 Å². The number of esters is 1. The van der Waals surface area contributed by atoms with Crippen LogP contribution >= 0.6 is 11.8 Å². The molecule has 1 aliphatic rings. The SMILES string of the molecule is COC(=O)[C@H]1Cc2ccccc2CN1C(=O)CSc1nc(C)nc2ccccc12. The largest absolute Gasteiger partial charge is 0.467 e. The first-order valence-electron chi connectivity index (χ1n) is 9.37. The van der Waals surface area contributed by atoms with Crippen LogP contribution in [0.1, 0.15) is 17.0 Å². The van der Waals surface area contributed by atoms with Crippen LogP contribution in [0.4, 0.5) is 0 Å². The molecule has 0 aliphatic carbocycles. The Labute approximate surface area is 173 Å². The Morgan fingerprint density at radius 1 is 1.10 bits per heavy atom. The third kappa shape index (κ3) is 3.96. The first kappa shape index (κ1) is 19.4. The Balaban J connectivity index is 1.57. The number of carbonyl (C=O) groups excluding carboxylic acids is 2. The van der Waals surface area contributed by atoms with E-state index in [1.54, 1.807) is 4.90 Å². The van der Waals surface area contributed by atoms with Crippen molar-refractivity contribution in [2.45, 2.75) is 31.0 Å². The van der Waals surface area contributed by atoms with Crippen LogP contribution in [0.25, 0.3) is 10.9 Å². The summed E-state index contributed by atoms with van der Waals surface area (Å²) in [6.07, 6.45) is 0.467. The van der Waals surface area contributed by atoms with Crippen LogP contribution in [0.3, 0.4) is 0 Å². The van der Waals surface area contributed by atoms with Gasteiger partial charge in [0.1, 0.15) is 16.9 Å². The van der Waals surface area contributed by atoms with Gasteiger partial charge in [-0.2, -0.15) is 0 Å². The molecule has 6 nitrogen and oxygen atoms in total. The van der Waals surface area contributed by atoms with Crippen LogP contribution in [0.2, 0.25) is 0 Å².